The maximum Gasteiger partial charge on any atom is 0.264 e. The van der Waals surface area contributed by atoms with E-state index >= 15 is 0 Å². The van der Waals surface area contributed by atoms with E-state index in [1.807, 2.05) is 0 Å². The highest BCUT2D eigenvalue weighted by molar-refractivity contribution is 7.86. The lowest BCUT2D eigenvalue weighted by Gasteiger charge is -2.38. The van der Waals surface area contributed by atoms with Gasteiger partial charge >= 0.3 is 0 Å². The lowest BCUT2D eigenvalue weighted by atomic mass is 10.0. The van der Waals surface area contributed by atoms with Gasteiger partial charge in [0.2, 0.25) is 0 Å². The van der Waals surface area contributed by atoms with Gasteiger partial charge in [-0.05, 0) is 5.53 Å². The minimum absolute atomic E-state index is 0.216. The van der Waals surface area contributed by atoms with Crippen molar-refractivity contribution in [2.24, 2.45) is 5.11 Å². The zero-order chi connectivity index (χ0) is 16.3. The largest absolute Gasteiger partial charge is 0.353 e. The van der Waals surface area contributed by atoms with Crippen LogP contribution in [0.3, 0.4) is 0 Å². The van der Waals surface area contributed by atoms with Crippen molar-refractivity contribution in [3.8, 4) is 0 Å². The smallest absolute Gasteiger partial charge is 0.264 e. The zero-order valence-electron chi connectivity index (χ0n) is 11.4. The third kappa shape index (κ3) is 5.74. The number of hydrogen-bond donors (Lipinski definition) is 0. The van der Waals surface area contributed by atoms with Gasteiger partial charge in [0.1, 0.15) is 6.10 Å². The summed E-state index contributed by atoms with van der Waals surface area (Å²) in [6.07, 6.45) is -2.49. The van der Waals surface area contributed by atoms with E-state index in [9.17, 15) is 16.8 Å². The number of nitrogens with zero attached hydrogens (tertiary/aromatic N) is 3. The molecule has 1 rings (SSSR count). The quantitative estimate of drug-likeness (QED) is 0.266. The standard InChI is InChI=1S/C8H15N3O8S2/c1-16-8-7(19-21(3,14)15)6(18-20(2,12)13)5(4-17-8)10-11-9/h5-8H,4H2,1-3H3/t5-,6+,7-,8+/m1/s1. The van der Waals surface area contributed by atoms with Crippen LogP contribution in [0.5, 0.6) is 0 Å². The van der Waals surface area contributed by atoms with Crippen LogP contribution in [-0.4, -0.2) is 67.6 Å². The van der Waals surface area contributed by atoms with E-state index in [-0.39, 0.29) is 6.61 Å². The van der Waals surface area contributed by atoms with Gasteiger partial charge in [-0.15, -0.1) is 0 Å². The fourth-order valence-corrected chi connectivity index (χ4v) is 2.99. The third-order valence-corrected chi connectivity index (χ3v) is 3.55. The van der Waals surface area contributed by atoms with Crippen LogP contribution in [0.15, 0.2) is 5.11 Å². The van der Waals surface area contributed by atoms with E-state index in [2.05, 4.69) is 10.0 Å². The number of hydrogen-bond acceptors (Lipinski definition) is 9. The molecule has 0 aromatic heterocycles. The van der Waals surface area contributed by atoms with Crippen molar-refractivity contribution in [3.63, 3.8) is 0 Å². The Bertz CT molecular complexity index is 611. The highest BCUT2D eigenvalue weighted by Crippen LogP contribution is 2.26. The molecule has 13 heteroatoms. The summed E-state index contributed by atoms with van der Waals surface area (Å²) in [5.41, 5.74) is 8.48. The number of methoxy groups -OCH3 is 1. The molecule has 0 N–H and O–H groups in total. The fourth-order valence-electron chi connectivity index (χ4n) is 1.75. The van der Waals surface area contributed by atoms with Gasteiger partial charge in [0, 0.05) is 12.0 Å². The zero-order valence-corrected chi connectivity index (χ0v) is 13.1. The van der Waals surface area contributed by atoms with Crippen molar-refractivity contribution in [2.45, 2.75) is 24.5 Å². The summed E-state index contributed by atoms with van der Waals surface area (Å²) < 4.78 is 64.8. The average molecular weight is 345 g/mol. The lowest BCUT2D eigenvalue weighted by Crippen LogP contribution is -2.56. The van der Waals surface area contributed by atoms with Crippen LogP contribution >= 0.6 is 0 Å². The van der Waals surface area contributed by atoms with Gasteiger partial charge in [-0.1, -0.05) is 5.11 Å². The van der Waals surface area contributed by atoms with Crippen LogP contribution in [-0.2, 0) is 38.1 Å². The number of rotatable bonds is 6. The predicted octanol–water partition coefficient (Wildman–Crippen LogP) is -0.642. The monoisotopic (exact) mass is 345 g/mol. The Kier molecular flexibility index (Phi) is 5.92. The first-order valence-electron chi connectivity index (χ1n) is 5.52. The van der Waals surface area contributed by atoms with Crippen LogP contribution < -0.4 is 0 Å². The molecule has 0 bridgehead atoms. The molecule has 0 radical (unpaired) electrons. The van der Waals surface area contributed by atoms with E-state index in [1.165, 1.54) is 7.11 Å². The number of ether oxygens (including phenoxy) is 2. The van der Waals surface area contributed by atoms with Gasteiger partial charge < -0.3 is 9.47 Å². The summed E-state index contributed by atoms with van der Waals surface area (Å²) in [5.74, 6) is 0. The SMILES string of the molecule is CO[C@H]1OC[C@@H](N=[N+]=[N-])[C@H](OS(C)(=O)=O)[C@H]1OS(C)(=O)=O. The molecule has 1 fully saturated rings. The molecule has 0 aromatic rings. The van der Waals surface area contributed by atoms with Crippen LogP contribution in [0, 0.1) is 0 Å². The second kappa shape index (κ2) is 6.87. The topological polar surface area (TPSA) is 154 Å². The molecule has 1 aliphatic rings. The molecule has 0 saturated carbocycles. The molecule has 0 spiro atoms. The molecule has 122 valence electrons. The first kappa shape index (κ1) is 18.1. The van der Waals surface area contributed by atoms with Gasteiger partial charge in [0.25, 0.3) is 20.2 Å². The van der Waals surface area contributed by atoms with Crippen LogP contribution in [0.25, 0.3) is 10.4 Å². The van der Waals surface area contributed by atoms with Gasteiger partial charge in [0.15, 0.2) is 12.4 Å². The van der Waals surface area contributed by atoms with E-state index in [4.69, 9.17) is 23.4 Å². The Morgan fingerprint density at radius 2 is 1.67 bits per heavy atom. The summed E-state index contributed by atoms with van der Waals surface area (Å²) in [6.45, 7) is -0.216. The molecule has 4 atom stereocenters. The van der Waals surface area contributed by atoms with Crippen molar-refractivity contribution < 1.29 is 34.7 Å². The lowest BCUT2D eigenvalue weighted by molar-refractivity contribution is -0.223. The first-order valence-corrected chi connectivity index (χ1v) is 9.16. The maximum atomic E-state index is 11.3. The molecular formula is C8H15N3O8S2. The number of azide groups is 1. The Labute approximate surface area is 122 Å². The van der Waals surface area contributed by atoms with Crippen LogP contribution in [0.1, 0.15) is 0 Å². The van der Waals surface area contributed by atoms with Crippen molar-refractivity contribution in [2.75, 3.05) is 26.2 Å². The third-order valence-electron chi connectivity index (χ3n) is 2.41. The first-order chi connectivity index (χ1) is 9.57. The Balaban J connectivity index is 3.19. The molecule has 0 aromatic carbocycles. The predicted molar refractivity (Wildman–Crippen MR) is 69.1 cm³/mol. The van der Waals surface area contributed by atoms with E-state index < -0.39 is 44.8 Å². The summed E-state index contributed by atoms with van der Waals surface area (Å²) in [5, 5.41) is 3.33. The van der Waals surface area contributed by atoms with Crippen molar-refractivity contribution in [1.82, 2.24) is 0 Å². The Hall–Kier alpha value is -0.950. The van der Waals surface area contributed by atoms with Crippen molar-refractivity contribution in [3.05, 3.63) is 10.4 Å². The maximum absolute atomic E-state index is 11.3. The minimum atomic E-state index is -3.96. The van der Waals surface area contributed by atoms with Gasteiger partial charge in [-0.2, -0.15) is 16.8 Å². The highest BCUT2D eigenvalue weighted by Gasteiger charge is 2.45. The van der Waals surface area contributed by atoms with Crippen molar-refractivity contribution in [1.29, 1.82) is 0 Å². The summed E-state index contributed by atoms with van der Waals surface area (Å²) in [4.78, 5) is 2.55. The van der Waals surface area contributed by atoms with Crippen LogP contribution in [0.4, 0.5) is 0 Å². The molecule has 0 amide bonds. The molecule has 1 aliphatic heterocycles. The second-order valence-corrected chi connectivity index (χ2v) is 7.44. The van der Waals surface area contributed by atoms with Crippen LogP contribution in [0.2, 0.25) is 0 Å². The average Bonchev–Trinajstić information content (AvgIpc) is 2.30. The van der Waals surface area contributed by atoms with E-state index in [1.54, 1.807) is 0 Å². The molecular weight excluding hydrogens is 330 g/mol. The summed E-state index contributed by atoms with van der Waals surface area (Å²) >= 11 is 0. The normalized spacial score (nSPS) is 30.6. The van der Waals surface area contributed by atoms with E-state index in [0.29, 0.717) is 0 Å². The molecule has 11 nitrogen and oxygen atoms in total. The summed E-state index contributed by atoms with van der Waals surface area (Å²) in [6, 6.07) is -1.09. The van der Waals surface area contributed by atoms with Gasteiger partial charge in [-0.3, -0.25) is 8.37 Å². The van der Waals surface area contributed by atoms with Crippen molar-refractivity contribution >= 4 is 20.2 Å². The van der Waals surface area contributed by atoms with Gasteiger partial charge in [-0.25, -0.2) is 0 Å². The summed E-state index contributed by atoms with van der Waals surface area (Å²) in [7, 11) is -6.71. The second-order valence-electron chi connectivity index (χ2n) is 4.24. The molecule has 1 saturated heterocycles. The van der Waals surface area contributed by atoms with Gasteiger partial charge in [0.05, 0.1) is 25.2 Å². The molecule has 0 aliphatic carbocycles. The fraction of sp³-hybridized carbons (Fsp3) is 1.00. The Morgan fingerprint density at radius 1 is 1.14 bits per heavy atom. The molecule has 0 unspecified atom stereocenters. The molecule has 21 heavy (non-hydrogen) atoms. The minimum Gasteiger partial charge on any atom is -0.353 e. The molecule has 1 heterocycles. The highest BCUT2D eigenvalue weighted by atomic mass is 32.2. The Morgan fingerprint density at radius 3 is 2.10 bits per heavy atom. The van der Waals surface area contributed by atoms with E-state index in [0.717, 1.165) is 12.5 Å².